The molecule has 0 radical (unpaired) electrons. The first kappa shape index (κ1) is 10.0. The smallest absolute Gasteiger partial charge is 0.390 e. The van der Waals surface area contributed by atoms with Gasteiger partial charge in [0.1, 0.15) is 5.78 Å². The summed E-state index contributed by atoms with van der Waals surface area (Å²) in [5, 5.41) is 8.51. The summed E-state index contributed by atoms with van der Waals surface area (Å²) in [4.78, 5) is 20.9. The van der Waals surface area contributed by atoms with Crippen LogP contribution in [0.15, 0.2) is 0 Å². The molecule has 1 N–H and O–H groups in total. The van der Waals surface area contributed by atoms with Crippen LogP contribution in [-0.4, -0.2) is 23.0 Å². The van der Waals surface area contributed by atoms with Crippen molar-refractivity contribution in [1.82, 2.24) is 0 Å². The molecule has 3 nitrogen and oxygen atoms in total. The normalized spacial score (nSPS) is 21.0. The zero-order valence-electron chi connectivity index (χ0n) is 6.52. The van der Waals surface area contributed by atoms with Crippen molar-refractivity contribution in [3.8, 4) is 0 Å². The number of hydrogen-bond acceptors (Lipinski definition) is 2. The van der Waals surface area contributed by atoms with Crippen molar-refractivity contribution < 1.29 is 27.9 Å². The van der Waals surface area contributed by atoms with Crippen LogP contribution in [0.5, 0.6) is 0 Å². The van der Waals surface area contributed by atoms with Gasteiger partial charge in [-0.25, -0.2) is 0 Å². The van der Waals surface area contributed by atoms with E-state index < -0.39 is 42.6 Å². The summed E-state index contributed by atoms with van der Waals surface area (Å²) in [6.45, 7) is 0. The Bertz CT molecular complexity index is 248. The molecule has 74 valence electrons. The van der Waals surface area contributed by atoms with Gasteiger partial charge in [-0.2, -0.15) is 13.2 Å². The van der Waals surface area contributed by atoms with Gasteiger partial charge in [0, 0.05) is 12.8 Å². The second-order valence-electron chi connectivity index (χ2n) is 3.27. The lowest BCUT2D eigenvalue weighted by atomic mass is 9.65. The van der Waals surface area contributed by atoms with Gasteiger partial charge in [-0.3, -0.25) is 9.59 Å². The summed E-state index contributed by atoms with van der Waals surface area (Å²) in [6, 6.07) is 0. The predicted octanol–water partition coefficient (Wildman–Crippen LogP) is 1.37. The van der Waals surface area contributed by atoms with Crippen LogP contribution in [0.25, 0.3) is 0 Å². The first-order valence-electron chi connectivity index (χ1n) is 3.57. The molecule has 0 atom stereocenters. The van der Waals surface area contributed by atoms with Crippen LogP contribution >= 0.6 is 0 Å². The number of hydrogen-bond donors (Lipinski definition) is 1. The number of aliphatic carboxylic acids is 1. The van der Waals surface area contributed by atoms with E-state index in [0.717, 1.165) is 0 Å². The molecule has 0 unspecified atom stereocenters. The Morgan fingerprint density at radius 3 is 2.15 bits per heavy atom. The summed E-state index contributed by atoms with van der Waals surface area (Å²) in [5.41, 5.74) is -1.88. The van der Waals surface area contributed by atoms with Crippen LogP contribution in [0.1, 0.15) is 19.3 Å². The van der Waals surface area contributed by atoms with Crippen LogP contribution in [0.2, 0.25) is 0 Å². The molecule has 0 aromatic heterocycles. The summed E-state index contributed by atoms with van der Waals surface area (Å²) in [5.74, 6) is -1.96. The summed E-state index contributed by atoms with van der Waals surface area (Å²) < 4.78 is 35.7. The van der Waals surface area contributed by atoms with Crippen molar-refractivity contribution in [2.75, 3.05) is 0 Å². The Labute approximate surface area is 71.5 Å². The van der Waals surface area contributed by atoms with E-state index in [1.807, 2.05) is 0 Å². The molecule has 1 fully saturated rings. The molecule has 1 aliphatic rings. The molecule has 0 spiro atoms. The quantitative estimate of drug-likeness (QED) is 0.725. The van der Waals surface area contributed by atoms with Gasteiger partial charge < -0.3 is 5.11 Å². The highest BCUT2D eigenvalue weighted by Gasteiger charge is 2.55. The summed E-state index contributed by atoms with van der Waals surface area (Å²) in [7, 11) is 0. The molecule has 1 aliphatic carbocycles. The fourth-order valence-electron chi connectivity index (χ4n) is 1.44. The molecule has 1 saturated carbocycles. The summed E-state index contributed by atoms with van der Waals surface area (Å²) >= 11 is 0. The van der Waals surface area contributed by atoms with Gasteiger partial charge in [0.05, 0.1) is 11.8 Å². The SMILES string of the molecule is O=C1CC(CC(F)(F)F)(C(=O)O)C1. The molecule has 6 heteroatoms. The molecule has 0 heterocycles. The molecule has 0 aromatic carbocycles. The molecule has 0 aliphatic heterocycles. The van der Waals surface area contributed by atoms with Gasteiger partial charge in [-0.05, 0) is 0 Å². The van der Waals surface area contributed by atoms with Gasteiger partial charge in [-0.1, -0.05) is 0 Å². The van der Waals surface area contributed by atoms with E-state index in [1.54, 1.807) is 0 Å². The van der Waals surface area contributed by atoms with Gasteiger partial charge in [0.15, 0.2) is 0 Å². The third-order valence-corrected chi connectivity index (χ3v) is 2.06. The van der Waals surface area contributed by atoms with Crippen molar-refractivity contribution in [1.29, 1.82) is 0 Å². The van der Waals surface area contributed by atoms with Crippen molar-refractivity contribution in [3.05, 3.63) is 0 Å². The molecule has 1 rings (SSSR count). The fraction of sp³-hybridized carbons (Fsp3) is 0.714. The first-order chi connectivity index (χ1) is 5.75. The number of carbonyl (C=O) groups excluding carboxylic acids is 1. The number of alkyl halides is 3. The number of rotatable bonds is 2. The number of carboxylic acid groups (broad SMARTS) is 1. The maximum Gasteiger partial charge on any atom is 0.390 e. The Hall–Kier alpha value is -1.07. The van der Waals surface area contributed by atoms with Gasteiger partial charge in [0.2, 0.25) is 0 Å². The molecular formula is C7H7F3O3. The van der Waals surface area contributed by atoms with Crippen LogP contribution in [-0.2, 0) is 9.59 Å². The Morgan fingerprint density at radius 1 is 1.46 bits per heavy atom. The number of Topliss-reactive ketones (excluding diaryl/α,β-unsaturated/α-hetero) is 1. The van der Waals surface area contributed by atoms with Crippen molar-refractivity contribution in [2.45, 2.75) is 25.4 Å². The Kier molecular flexibility index (Phi) is 2.09. The van der Waals surface area contributed by atoms with Crippen molar-refractivity contribution in [2.24, 2.45) is 5.41 Å². The van der Waals surface area contributed by atoms with E-state index in [2.05, 4.69) is 0 Å². The number of carboxylic acids is 1. The van der Waals surface area contributed by atoms with E-state index in [4.69, 9.17) is 5.11 Å². The highest BCUT2D eigenvalue weighted by Crippen LogP contribution is 2.46. The Balaban J connectivity index is 2.72. The zero-order valence-corrected chi connectivity index (χ0v) is 6.52. The molecule has 0 saturated heterocycles. The average molecular weight is 196 g/mol. The predicted molar refractivity (Wildman–Crippen MR) is 35.0 cm³/mol. The number of halogens is 3. The molecule has 0 amide bonds. The van der Waals surface area contributed by atoms with Crippen LogP contribution < -0.4 is 0 Å². The van der Waals surface area contributed by atoms with Crippen LogP contribution in [0.4, 0.5) is 13.2 Å². The molecular weight excluding hydrogens is 189 g/mol. The largest absolute Gasteiger partial charge is 0.481 e. The van der Waals surface area contributed by atoms with Crippen molar-refractivity contribution in [3.63, 3.8) is 0 Å². The van der Waals surface area contributed by atoms with E-state index in [9.17, 15) is 22.8 Å². The summed E-state index contributed by atoms with van der Waals surface area (Å²) in [6.07, 6.45) is -6.94. The third kappa shape index (κ3) is 1.99. The molecule has 13 heavy (non-hydrogen) atoms. The number of ketones is 1. The standard InChI is InChI=1S/C7H7F3O3/c8-7(9,10)3-6(5(12)13)1-4(11)2-6/h1-3H2,(H,12,13). The minimum absolute atomic E-state index is 0.424. The second-order valence-corrected chi connectivity index (χ2v) is 3.27. The topological polar surface area (TPSA) is 54.4 Å². The third-order valence-electron chi connectivity index (χ3n) is 2.06. The molecule has 0 aromatic rings. The lowest BCUT2D eigenvalue weighted by Gasteiger charge is -2.36. The van der Waals surface area contributed by atoms with Crippen LogP contribution in [0, 0.1) is 5.41 Å². The highest BCUT2D eigenvalue weighted by atomic mass is 19.4. The average Bonchev–Trinajstić information content (AvgIpc) is 1.79. The minimum atomic E-state index is -4.53. The van der Waals surface area contributed by atoms with E-state index in [0.29, 0.717) is 0 Å². The van der Waals surface area contributed by atoms with E-state index in [1.165, 1.54) is 0 Å². The van der Waals surface area contributed by atoms with Crippen LogP contribution in [0.3, 0.4) is 0 Å². The monoisotopic (exact) mass is 196 g/mol. The maximum atomic E-state index is 11.9. The van der Waals surface area contributed by atoms with Gasteiger partial charge in [-0.15, -0.1) is 0 Å². The van der Waals surface area contributed by atoms with E-state index >= 15 is 0 Å². The maximum absolute atomic E-state index is 11.9. The Morgan fingerprint density at radius 2 is 1.92 bits per heavy atom. The lowest BCUT2D eigenvalue weighted by molar-refractivity contribution is -0.190. The highest BCUT2D eigenvalue weighted by molar-refractivity contribution is 5.96. The number of carbonyl (C=O) groups is 2. The second kappa shape index (κ2) is 2.71. The molecule has 0 bridgehead atoms. The fourth-order valence-corrected chi connectivity index (χ4v) is 1.44. The zero-order chi connectivity index (χ0) is 10.3. The van der Waals surface area contributed by atoms with Gasteiger partial charge in [0.25, 0.3) is 0 Å². The van der Waals surface area contributed by atoms with Gasteiger partial charge >= 0.3 is 12.1 Å². The van der Waals surface area contributed by atoms with E-state index in [-0.39, 0.29) is 0 Å². The van der Waals surface area contributed by atoms with Crippen molar-refractivity contribution >= 4 is 11.8 Å². The lowest BCUT2D eigenvalue weighted by Crippen LogP contribution is -2.47. The minimum Gasteiger partial charge on any atom is -0.481 e. The first-order valence-corrected chi connectivity index (χ1v) is 3.57.